The van der Waals surface area contributed by atoms with E-state index in [-0.39, 0.29) is 0 Å². The third-order valence-corrected chi connectivity index (χ3v) is 3.84. The molecule has 7 heteroatoms. The molecule has 0 aliphatic carbocycles. The van der Waals surface area contributed by atoms with E-state index >= 15 is 0 Å². The molecule has 0 radical (unpaired) electrons. The van der Waals surface area contributed by atoms with Crippen molar-refractivity contribution >= 4 is 48.9 Å². The summed E-state index contributed by atoms with van der Waals surface area (Å²) >= 11 is 6.34. The van der Waals surface area contributed by atoms with Crippen LogP contribution in [0.25, 0.3) is 0 Å². The summed E-state index contributed by atoms with van der Waals surface area (Å²) in [5.74, 6) is 0. The zero-order valence-corrected chi connectivity index (χ0v) is 9.86. The zero-order chi connectivity index (χ0) is 9.26. The molecule has 2 rings (SSSR count). The van der Waals surface area contributed by atoms with Crippen molar-refractivity contribution in [2.24, 2.45) is 0 Å². The van der Waals surface area contributed by atoms with E-state index in [1.807, 2.05) is 24.1 Å². The van der Waals surface area contributed by atoms with Crippen molar-refractivity contribution in [3.63, 3.8) is 0 Å². The first-order chi connectivity index (χ1) is 6.27. The van der Waals surface area contributed by atoms with E-state index in [1.165, 1.54) is 11.5 Å². The molecule has 68 valence electrons. The molecule has 2 aromatic rings. The first-order valence-electron chi connectivity index (χ1n) is 3.41. The minimum atomic E-state index is 0.800. The molecule has 13 heavy (non-hydrogen) atoms. The maximum atomic E-state index is 3.88. The molecular weight excluding hydrogens is 272 g/mol. The van der Waals surface area contributed by atoms with Crippen LogP contribution in [-0.4, -0.2) is 21.8 Å². The van der Waals surface area contributed by atoms with Gasteiger partial charge in [-0.3, -0.25) is 0 Å². The van der Waals surface area contributed by atoms with Gasteiger partial charge in [-0.2, -0.15) is 0 Å². The van der Waals surface area contributed by atoms with Gasteiger partial charge in [-0.15, -0.1) is 11.3 Å². The van der Waals surface area contributed by atoms with Crippen LogP contribution in [0.3, 0.4) is 0 Å². The molecule has 0 fully saturated rings. The molecule has 0 aliphatic heterocycles. The SMILES string of the molecule is CN(c1ccc(Br)s1)c1nnns1. The quantitative estimate of drug-likeness (QED) is 0.846. The Morgan fingerprint density at radius 1 is 1.46 bits per heavy atom. The summed E-state index contributed by atoms with van der Waals surface area (Å²) in [6.07, 6.45) is 0. The predicted molar refractivity (Wildman–Crippen MR) is 57.8 cm³/mol. The van der Waals surface area contributed by atoms with Gasteiger partial charge in [0, 0.05) is 18.6 Å². The Balaban J connectivity index is 2.28. The molecule has 0 unspecified atom stereocenters. The molecule has 0 atom stereocenters. The number of anilines is 2. The first-order valence-corrected chi connectivity index (χ1v) is 5.80. The highest BCUT2D eigenvalue weighted by Gasteiger charge is 2.09. The van der Waals surface area contributed by atoms with Crippen molar-refractivity contribution in [1.29, 1.82) is 0 Å². The van der Waals surface area contributed by atoms with E-state index in [0.29, 0.717) is 0 Å². The van der Waals surface area contributed by atoms with E-state index in [0.717, 1.165) is 13.9 Å². The van der Waals surface area contributed by atoms with Crippen LogP contribution in [0.4, 0.5) is 10.1 Å². The summed E-state index contributed by atoms with van der Waals surface area (Å²) in [5, 5.41) is 9.34. The van der Waals surface area contributed by atoms with Crippen LogP contribution >= 0.6 is 38.8 Å². The van der Waals surface area contributed by atoms with Crippen molar-refractivity contribution in [3.8, 4) is 0 Å². The molecule has 0 amide bonds. The Labute approximate surface area is 91.5 Å². The molecule has 0 aliphatic rings. The minimum absolute atomic E-state index is 0.800. The predicted octanol–water partition coefficient (Wildman–Crippen LogP) is 2.53. The second-order valence-electron chi connectivity index (χ2n) is 2.28. The monoisotopic (exact) mass is 276 g/mol. The molecule has 0 N–H and O–H groups in total. The smallest absolute Gasteiger partial charge is 0.232 e. The summed E-state index contributed by atoms with van der Waals surface area (Å²) in [7, 11) is 1.94. The van der Waals surface area contributed by atoms with E-state index in [4.69, 9.17) is 0 Å². The molecule has 2 aromatic heterocycles. The van der Waals surface area contributed by atoms with Gasteiger partial charge >= 0.3 is 0 Å². The van der Waals surface area contributed by atoms with Crippen LogP contribution in [0.5, 0.6) is 0 Å². The second-order valence-corrected chi connectivity index (χ2v) is 5.43. The Bertz CT molecular complexity index is 385. The van der Waals surface area contributed by atoms with Crippen molar-refractivity contribution in [1.82, 2.24) is 14.8 Å². The molecule has 4 nitrogen and oxygen atoms in total. The number of halogens is 1. The number of hydrogen-bond acceptors (Lipinski definition) is 6. The number of aromatic nitrogens is 3. The first kappa shape index (κ1) is 9.04. The number of thiophene rings is 1. The molecule has 0 saturated heterocycles. The summed E-state index contributed by atoms with van der Waals surface area (Å²) < 4.78 is 4.81. The lowest BCUT2D eigenvalue weighted by molar-refractivity contribution is 0.946. The van der Waals surface area contributed by atoms with E-state index in [2.05, 4.69) is 30.7 Å². The van der Waals surface area contributed by atoms with Crippen LogP contribution in [0.2, 0.25) is 0 Å². The van der Waals surface area contributed by atoms with Crippen LogP contribution < -0.4 is 4.90 Å². The Morgan fingerprint density at radius 3 is 2.85 bits per heavy atom. The summed E-state index contributed by atoms with van der Waals surface area (Å²) in [6, 6.07) is 4.03. The highest BCUT2D eigenvalue weighted by molar-refractivity contribution is 9.11. The van der Waals surface area contributed by atoms with Crippen LogP contribution in [0, 0.1) is 0 Å². The summed E-state index contributed by atoms with van der Waals surface area (Å²) in [5.41, 5.74) is 0. The lowest BCUT2D eigenvalue weighted by atomic mass is 10.6. The van der Waals surface area contributed by atoms with Gasteiger partial charge in [0.15, 0.2) is 0 Å². The maximum absolute atomic E-state index is 3.88. The van der Waals surface area contributed by atoms with Crippen molar-refractivity contribution in [2.75, 3.05) is 11.9 Å². The van der Waals surface area contributed by atoms with Gasteiger partial charge in [-0.25, -0.2) is 0 Å². The number of hydrogen-bond donors (Lipinski definition) is 0. The largest absolute Gasteiger partial charge is 0.310 e. The highest BCUT2D eigenvalue weighted by atomic mass is 79.9. The van der Waals surface area contributed by atoms with Gasteiger partial charge in [0.2, 0.25) is 5.13 Å². The lowest BCUT2D eigenvalue weighted by Gasteiger charge is -2.10. The average molecular weight is 277 g/mol. The van der Waals surface area contributed by atoms with Gasteiger partial charge in [-0.1, -0.05) is 9.59 Å². The topological polar surface area (TPSA) is 41.9 Å². The van der Waals surface area contributed by atoms with Crippen molar-refractivity contribution in [3.05, 3.63) is 15.9 Å². The Kier molecular flexibility index (Phi) is 2.56. The van der Waals surface area contributed by atoms with Crippen LogP contribution in [0.1, 0.15) is 0 Å². The van der Waals surface area contributed by atoms with E-state index < -0.39 is 0 Å². The van der Waals surface area contributed by atoms with Crippen molar-refractivity contribution in [2.45, 2.75) is 0 Å². The Hall–Kier alpha value is -0.530. The summed E-state index contributed by atoms with van der Waals surface area (Å²) in [6.45, 7) is 0. The standard InChI is InChI=1S/C6H5BrN4S2/c1-11(6-8-9-10-13-6)5-3-2-4(7)12-5/h2-3H,1H3. The second kappa shape index (κ2) is 3.69. The van der Waals surface area contributed by atoms with Gasteiger partial charge in [0.1, 0.15) is 0 Å². The van der Waals surface area contributed by atoms with Crippen LogP contribution in [-0.2, 0) is 0 Å². The van der Waals surface area contributed by atoms with E-state index in [1.54, 1.807) is 11.3 Å². The highest BCUT2D eigenvalue weighted by Crippen LogP contribution is 2.33. The molecule has 0 aromatic carbocycles. The normalized spacial score (nSPS) is 10.3. The number of nitrogens with zero attached hydrogens (tertiary/aromatic N) is 4. The molecular formula is C6H5BrN4S2. The minimum Gasteiger partial charge on any atom is -0.310 e. The molecule has 0 spiro atoms. The van der Waals surface area contributed by atoms with Crippen LogP contribution in [0.15, 0.2) is 15.9 Å². The van der Waals surface area contributed by atoms with Gasteiger partial charge < -0.3 is 4.90 Å². The fraction of sp³-hybridized carbons (Fsp3) is 0.167. The third-order valence-electron chi connectivity index (χ3n) is 1.47. The molecule has 0 saturated carbocycles. The zero-order valence-electron chi connectivity index (χ0n) is 6.64. The average Bonchev–Trinajstić information content (AvgIpc) is 2.72. The molecule has 2 heterocycles. The van der Waals surface area contributed by atoms with Gasteiger partial charge in [0.25, 0.3) is 0 Å². The van der Waals surface area contributed by atoms with Gasteiger partial charge in [-0.05, 0) is 33.3 Å². The van der Waals surface area contributed by atoms with Crippen molar-refractivity contribution < 1.29 is 0 Å². The number of rotatable bonds is 2. The fourth-order valence-electron chi connectivity index (χ4n) is 0.837. The van der Waals surface area contributed by atoms with E-state index in [9.17, 15) is 0 Å². The third kappa shape index (κ3) is 1.87. The maximum Gasteiger partial charge on any atom is 0.232 e. The Morgan fingerprint density at radius 2 is 2.31 bits per heavy atom. The van der Waals surface area contributed by atoms with Gasteiger partial charge in [0.05, 0.1) is 8.79 Å². The molecule has 0 bridgehead atoms. The lowest BCUT2D eigenvalue weighted by Crippen LogP contribution is -2.06. The fourth-order valence-corrected chi connectivity index (χ4v) is 2.66. The summed E-state index contributed by atoms with van der Waals surface area (Å²) in [4.78, 5) is 1.96.